The molecule has 4 aromatic rings. The van der Waals surface area contributed by atoms with E-state index < -0.39 is 0 Å². The number of rotatable bonds is 8. The molecule has 158 valence electrons. The highest BCUT2D eigenvalue weighted by atomic mass is 35.5. The van der Waals surface area contributed by atoms with Gasteiger partial charge in [-0.15, -0.1) is 0 Å². The minimum Gasteiger partial charge on any atom is -0.206 e. The van der Waals surface area contributed by atoms with Crippen molar-refractivity contribution < 1.29 is 4.39 Å². The largest absolute Gasteiger partial charge is 0.206 e. The van der Waals surface area contributed by atoms with Crippen LogP contribution < -0.4 is 0 Å². The van der Waals surface area contributed by atoms with Gasteiger partial charge in [0, 0.05) is 16.0 Å². The van der Waals surface area contributed by atoms with Gasteiger partial charge < -0.3 is 0 Å². The Labute approximate surface area is 189 Å². The normalized spacial score (nSPS) is 11.2. The standard InChI is InChI=1S/C29H28ClF/c1-2-3-4-5-21-6-8-22(9-7-21)10-11-23-12-18-28-25(20-23)15-19-27(29(28)31)24-13-16-26(30)17-14-24/h6-9,12-20H,2-5,10-11H2,1H3. The smallest absolute Gasteiger partial charge is 0.138 e. The average Bonchev–Trinajstić information content (AvgIpc) is 2.80. The number of aryl methyl sites for hydroxylation is 3. The van der Waals surface area contributed by atoms with Crippen molar-refractivity contribution in [2.24, 2.45) is 0 Å². The van der Waals surface area contributed by atoms with E-state index in [1.807, 2.05) is 30.3 Å². The van der Waals surface area contributed by atoms with Gasteiger partial charge in [-0.3, -0.25) is 0 Å². The molecule has 0 amide bonds. The van der Waals surface area contributed by atoms with E-state index in [2.05, 4.69) is 43.3 Å². The molecule has 2 heteroatoms. The van der Waals surface area contributed by atoms with Crippen LogP contribution in [-0.2, 0) is 19.3 Å². The molecule has 4 aromatic carbocycles. The monoisotopic (exact) mass is 430 g/mol. The van der Waals surface area contributed by atoms with E-state index in [0.717, 1.165) is 23.8 Å². The van der Waals surface area contributed by atoms with Gasteiger partial charge in [0.2, 0.25) is 0 Å². The molecule has 0 radical (unpaired) electrons. The zero-order valence-electron chi connectivity index (χ0n) is 18.0. The van der Waals surface area contributed by atoms with E-state index in [4.69, 9.17) is 11.6 Å². The van der Waals surface area contributed by atoms with Crippen LogP contribution in [0.5, 0.6) is 0 Å². The third kappa shape index (κ3) is 5.35. The summed E-state index contributed by atoms with van der Waals surface area (Å²) in [6, 6.07) is 26.3. The average molecular weight is 431 g/mol. The van der Waals surface area contributed by atoms with Crippen LogP contribution in [0.3, 0.4) is 0 Å². The third-order valence-corrected chi connectivity index (χ3v) is 6.22. The lowest BCUT2D eigenvalue weighted by Crippen LogP contribution is -1.94. The van der Waals surface area contributed by atoms with Crippen molar-refractivity contribution in [1.29, 1.82) is 0 Å². The molecule has 0 fully saturated rings. The lowest BCUT2D eigenvalue weighted by Gasteiger charge is -2.09. The fourth-order valence-corrected chi connectivity index (χ4v) is 4.22. The first kappa shape index (κ1) is 21.6. The van der Waals surface area contributed by atoms with Gasteiger partial charge in [0.1, 0.15) is 5.82 Å². The second-order valence-electron chi connectivity index (χ2n) is 8.26. The molecule has 0 heterocycles. The third-order valence-electron chi connectivity index (χ3n) is 5.97. The molecule has 0 aliphatic rings. The lowest BCUT2D eigenvalue weighted by atomic mass is 9.97. The highest BCUT2D eigenvalue weighted by molar-refractivity contribution is 6.30. The second-order valence-corrected chi connectivity index (χ2v) is 8.70. The van der Waals surface area contributed by atoms with Gasteiger partial charge in [0.25, 0.3) is 0 Å². The minimum atomic E-state index is -0.176. The minimum absolute atomic E-state index is 0.176. The molecule has 0 nitrogen and oxygen atoms in total. The molecular formula is C29H28ClF. The molecule has 0 aliphatic heterocycles. The van der Waals surface area contributed by atoms with Gasteiger partial charge in [-0.1, -0.05) is 98.1 Å². The number of benzene rings is 4. The summed E-state index contributed by atoms with van der Waals surface area (Å²) < 4.78 is 15.2. The van der Waals surface area contributed by atoms with E-state index in [9.17, 15) is 0 Å². The Balaban J connectivity index is 1.46. The Morgan fingerprint density at radius 3 is 2.03 bits per heavy atom. The summed E-state index contributed by atoms with van der Waals surface area (Å²) >= 11 is 5.96. The van der Waals surface area contributed by atoms with Crippen molar-refractivity contribution in [1.82, 2.24) is 0 Å². The summed E-state index contributed by atoms with van der Waals surface area (Å²) in [5.74, 6) is -0.176. The molecule has 0 saturated heterocycles. The maximum Gasteiger partial charge on any atom is 0.138 e. The maximum absolute atomic E-state index is 15.2. The second kappa shape index (κ2) is 10.1. The molecule has 31 heavy (non-hydrogen) atoms. The van der Waals surface area contributed by atoms with Crippen LogP contribution in [0.1, 0.15) is 42.9 Å². The maximum atomic E-state index is 15.2. The summed E-state index contributed by atoms with van der Waals surface area (Å²) in [7, 11) is 0. The van der Waals surface area contributed by atoms with Gasteiger partial charge in [0.15, 0.2) is 0 Å². The van der Waals surface area contributed by atoms with Crippen LogP contribution in [0, 0.1) is 5.82 Å². The SMILES string of the molecule is CCCCCc1ccc(CCc2ccc3c(F)c(-c4ccc(Cl)cc4)ccc3c2)cc1. The summed E-state index contributed by atoms with van der Waals surface area (Å²) in [6.07, 6.45) is 6.94. The van der Waals surface area contributed by atoms with Crippen molar-refractivity contribution in [2.45, 2.75) is 45.4 Å². The quantitative estimate of drug-likeness (QED) is 0.245. The fourth-order valence-electron chi connectivity index (χ4n) is 4.09. The first-order valence-corrected chi connectivity index (χ1v) is 11.6. The Hall–Kier alpha value is -2.64. The van der Waals surface area contributed by atoms with Crippen LogP contribution in [-0.4, -0.2) is 0 Å². The van der Waals surface area contributed by atoms with Crippen molar-refractivity contribution in [3.8, 4) is 11.1 Å². The van der Waals surface area contributed by atoms with Crippen molar-refractivity contribution in [3.63, 3.8) is 0 Å². The van der Waals surface area contributed by atoms with Gasteiger partial charge in [-0.25, -0.2) is 4.39 Å². The highest BCUT2D eigenvalue weighted by Gasteiger charge is 2.10. The van der Waals surface area contributed by atoms with E-state index in [0.29, 0.717) is 16.0 Å². The lowest BCUT2D eigenvalue weighted by molar-refractivity contribution is 0.643. The van der Waals surface area contributed by atoms with Gasteiger partial charge in [-0.2, -0.15) is 0 Å². The molecule has 0 atom stereocenters. The van der Waals surface area contributed by atoms with E-state index >= 15 is 4.39 Å². The molecule has 0 aromatic heterocycles. The summed E-state index contributed by atoms with van der Waals surface area (Å²) in [6.45, 7) is 2.24. The number of fused-ring (bicyclic) bond motifs is 1. The predicted octanol–water partition coefficient (Wildman–Crippen LogP) is 8.82. The fraction of sp³-hybridized carbons (Fsp3) is 0.241. The molecular weight excluding hydrogens is 403 g/mol. The Bertz CT molecular complexity index is 1140. The molecule has 0 bridgehead atoms. The zero-order chi connectivity index (χ0) is 21.6. The topological polar surface area (TPSA) is 0 Å². The molecule has 0 N–H and O–H groups in total. The number of hydrogen-bond acceptors (Lipinski definition) is 0. The first-order valence-electron chi connectivity index (χ1n) is 11.2. The van der Waals surface area contributed by atoms with Gasteiger partial charge >= 0.3 is 0 Å². The van der Waals surface area contributed by atoms with Crippen molar-refractivity contribution >= 4 is 22.4 Å². The van der Waals surface area contributed by atoms with Crippen LogP contribution in [0.25, 0.3) is 21.9 Å². The molecule has 0 aliphatic carbocycles. The molecule has 0 saturated carbocycles. The Morgan fingerprint density at radius 1 is 0.677 bits per heavy atom. The Morgan fingerprint density at radius 2 is 1.32 bits per heavy atom. The van der Waals surface area contributed by atoms with E-state index in [-0.39, 0.29) is 5.82 Å². The summed E-state index contributed by atoms with van der Waals surface area (Å²) in [4.78, 5) is 0. The van der Waals surface area contributed by atoms with Crippen LogP contribution in [0.4, 0.5) is 4.39 Å². The number of halogens is 2. The number of unbranched alkanes of at least 4 members (excludes halogenated alkanes) is 2. The predicted molar refractivity (Wildman–Crippen MR) is 131 cm³/mol. The van der Waals surface area contributed by atoms with E-state index in [1.54, 1.807) is 12.1 Å². The molecule has 0 spiro atoms. The van der Waals surface area contributed by atoms with Crippen molar-refractivity contribution in [3.05, 3.63) is 106 Å². The van der Waals surface area contributed by atoms with E-state index in [1.165, 1.54) is 42.4 Å². The molecule has 0 unspecified atom stereocenters. The first-order chi connectivity index (χ1) is 15.1. The van der Waals surface area contributed by atoms with Crippen LogP contribution >= 0.6 is 11.6 Å². The zero-order valence-corrected chi connectivity index (χ0v) is 18.8. The molecule has 4 rings (SSSR count). The summed E-state index contributed by atoms with van der Waals surface area (Å²) in [5.41, 5.74) is 5.46. The van der Waals surface area contributed by atoms with Crippen LogP contribution in [0.2, 0.25) is 5.02 Å². The Kier molecular flexibility index (Phi) is 7.04. The van der Waals surface area contributed by atoms with Gasteiger partial charge in [0.05, 0.1) is 0 Å². The van der Waals surface area contributed by atoms with Crippen LogP contribution in [0.15, 0.2) is 78.9 Å². The summed E-state index contributed by atoms with van der Waals surface area (Å²) in [5, 5.41) is 2.26. The number of hydrogen-bond donors (Lipinski definition) is 0. The highest BCUT2D eigenvalue weighted by Crippen LogP contribution is 2.30. The van der Waals surface area contributed by atoms with Gasteiger partial charge in [-0.05, 0) is 65.5 Å². The van der Waals surface area contributed by atoms with Crippen molar-refractivity contribution in [2.75, 3.05) is 0 Å².